The van der Waals surface area contributed by atoms with Gasteiger partial charge in [-0.05, 0) is 73.3 Å². The standard InChI is InChI=1S/C21H26N2O/c24-21-19-10-15-3-1-2-4-16(15)11-22(19)12-23(21)20-17-6-13-5-14(8-17)9-18(20)7-13/h1-4,13-14,17-20H,5-12H2/t13?,14?,17?,18?,19-,20?/m0/s1. The van der Waals surface area contributed by atoms with Crippen molar-refractivity contribution in [2.24, 2.45) is 23.7 Å². The lowest BCUT2D eigenvalue weighted by molar-refractivity contribution is -0.139. The fraction of sp³-hybridized carbons (Fsp3) is 0.667. The van der Waals surface area contributed by atoms with Gasteiger partial charge in [0.2, 0.25) is 5.91 Å². The predicted octanol–water partition coefficient (Wildman–Crippen LogP) is 3.04. The molecular weight excluding hydrogens is 296 g/mol. The smallest absolute Gasteiger partial charge is 0.241 e. The van der Waals surface area contributed by atoms with Crippen molar-refractivity contribution in [1.29, 1.82) is 0 Å². The molecule has 2 aliphatic heterocycles. The van der Waals surface area contributed by atoms with Crippen LogP contribution in [-0.4, -0.2) is 34.5 Å². The normalized spacial score (nSPS) is 43.2. The summed E-state index contributed by atoms with van der Waals surface area (Å²) < 4.78 is 0. The van der Waals surface area contributed by atoms with Gasteiger partial charge in [0.15, 0.2) is 0 Å². The summed E-state index contributed by atoms with van der Waals surface area (Å²) >= 11 is 0. The highest BCUT2D eigenvalue weighted by molar-refractivity contribution is 5.85. The molecule has 4 bridgehead atoms. The van der Waals surface area contributed by atoms with Crippen molar-refractivity contribution >= 4 is 5.91 Å². The quantitative estimate of drug-likeness (QED) is 0.793. The topological polar surface area (TPSA) is 23.6 Å². The van der Waals surface area contributed by atoms with Crippen molar-refractivity contribution in [1.82, 2.24) is 9.80 Å². The second-order valence-electron chi connectivity index (χ2n) is 9.11. The Morgan fingerprint density at radius 3 is 2.25 bits per heavy atom. The van der Waals surface area contributed by atoms with Gasteiger partial charge in [-0.1, -0.05) is 24.3 Å². The van der Waals surface area contributed by atoms with E-state index in [9.17, 15) is 4.79 Å². The Hall–Kier alpha value is -1.35. The van der Waals surface area contributed by atoms with Crippen LogP contribution in [0, 0.1) is 23.7 Å². The third-order valence-corrected chi connectivity index (χ3v) is 7.78. The number of hydrogen-bond donors (Lipinski definition) is 0. The van der Waals surface area contributed by atoms with Gasteiger partial charge in [0.1, 0.15) is 0 Å². The number of rotatable bonds is 1. The molecular formula is C21H26N2O. The second kappa shape index (κ2) is 4.85. The summed E-state index contributed by atoms with van der Waals surface area (Å²) in [6.07, 6.45) is 7.98. The molecule has 3 nitrogen and oxygen atoms in total. The molecule has 7 rings (SSSR count). The monoisotopic (exact) mass is 322 g/mol. The number of fused-ring (bicyclic) bond motifs is 2. The molecule has 1 aromatic rings. The molecule has 4 saturated carbocycles. The highest BCUT2D eigenvalue weighted by Crippen LogP contribution is 2.55. The van der Waals surface area contributed by atoms with Crippen molar-refractivity contribution in [3.63, 3.8) is 0 Å². The Balaban J connectivity index is 1.29. The van der Waals surface area contributed by atoms with Gasteiger partial charge in [-0.2, -0.15) is 0 Å². The third-order valence-electron chi connectivity index (χ3n) is 7.78. The van der Waals surface area contributed by atoms with Crippen LogP contribution >= 0.6 is 0 Å². The van der Waals surface area contributed by atoms with Gasteiger partial charge >= 0.3 is 0 Å². The van der Waals surface area contributed by atoms with E-state index >= 15 is 0 Å². The summed E-state index contributed by atoms with van der Waals surface area (Å²) in [5.41, 5.74) is 2.81. The van der Waals surface area contributed by atoms with Crippen LogP contribution in [-0.2, 0) is 17.8 Å². The Labute approximate surface area is 144 Å². The first kappa shape index (κ1) is 13.9. The summed E-state index contributed by atoms with van der Waals surface area (Å²) in [6.45, 7) is 1.83. The largest absolute Gasteiger partial charge is 0.325 e. The van der Waals surface area contributed by atoms with Gasteiger partial charge in [-0.3, -0.25) is 9.69 Å². The average molecular weight is 322 g/mol. The molecule has 3 heteroatoms. The Morgan fingerprint density at radius 2 is 1.54 bits per heavy atom. The molecule has 126 valence electrons. The molecule has 0 unspecified atom stereocenters. The minimum atomic E-state index is 0.108. The molecule has 0 N–H and O–H groups in total. The van der Waals surface area contributed by atoms with E-state index in [-0.39, 0.29) is 6.04 Å². The zero-order valence-electron chi connectivity index (χ0n) is 14.2. The zero-order chi connectivity index (χ0) is 15.8. The third kappa shape index (κ3) is 1.85. The second-order valence-corrected chi connectivity index (χ2v) is 9.11. The van der Waals surface area contributed by atoms with E-state index in [1.165, 1.54) is 43.2 Å². The highest BCUT2D eigenvalue weighted by Gasteiger charge is 2.54. The van der Waals surface area contributed by atoms with Gasteiger partial charge in [-0.25, -0.2) is 0 Å². The number of hydrogen-bond acceptors (Lipinski definition) is 2. The molecule has 0 radical (unpaired) electrons. The lowest BCUT2D eigenvalue weighted by Gasteiger charge is -2.56. The SMILES string of the molecule is O=C1[C@@H]2Cc3ccccc3CN2CN1C1C2CC3CC(C2)CC1C3. The van der Waals surface area contributed by atoms with E-state index in [0.29, 0.717) is 11.9 Å². The summed E-state index contributed by atoms with van der Waals surface area (Å²) in [4.78, 5) is 18.0. The van der Waals surface area contributed by atoms with Crippen molar-refractivity contribution < 1.29 is 4.79 Å². The van der Waals surface area contributed by atoms with Crippen LogP contribution in [0.25, 0.3) is 0 Å². The summed E-state index contributed by atoms with van der Waals surface area (Å²) in [7, 11) is 0. The average Bonchev–Trinajstić information content (AvgIpc) is 2.88. The summed E-state index contributed by atoms with van der Waals surface area (Å²) in [6, 6.07) is 9.36. The van der Waals surface area contributed by atoms with Crippen LogP contribution in [0.1, 0.15) is 43.2 Å². The molecule has 2 heterocycles. The molecule has 4 aliphatic carbocycles. The molecule has 0 spiro atoms. The Bertz CT molecular complexity index is 671. The highest BCUT2D eigenvalue weighted by atomic mass is 16.2. The minimum Gasteiger partial charge on any atom is -0.325 e. The molecule has 1 amide bonds. The summed E-state index contributed by atoms with van der Waals surface area (Å²) in [5, 5.41) is 0. The van der Waals surface area contributed by atoms with Gasteiger partial charge in [0, 0.05) is 12.6 Å². The van der Waals surface area contributed by atoms with E-state index in [2.05, 4.69) is 34.1 Å². The maximum atomic E-state index is 13.3. The molecule has 1 aromatic carbocycles. The van der Waals surface area contributed by atoms with Gasteiger partial charge in [-0.15, -0.1) is 0 Å². The Morgan fingerprint density at radius 1 is 0.875 bits per heavy atom. The van der Waals surface area contributed by atoms with Crippen molar-refractivity contribution in [2.45, 2.75) is 57.2 Å². The van der Waals surface area contributed by atoms with E-state index < -0.39 is 0 Å². The van der Waals surface area contributed by atoms with Crippen LogP contribution in [0.3, 0.4) is 0 Å². The first-order valence-corrected chi connectivity index (χ1v) is 9.87. The molecule has 6 aliphatic rings. The number of carbonyl (C=O) groups excluding carboxylic acids is 1. The summed E-state index contributed by atoms with van der Waals surface area (Å²) in [5.74, 6) is 3.99. The van der Waals surface area contributed by atoms with Gasteiger partial charge < -0.3 is 4.90 Å². The van der Waals surface area contributed by atoms with Crippen molar-refractivity contribution in [3.05, 3.63) is 35.4 Å². The van der Waals surface area contributed by atoms with E-state index in [1.54, 1.807) is 0 Å². The lowest BCUT2D eigenvalue weighted by atomic mass is 9.54. The minimum absolute atomic E-state index is 0.108. The predicted molar refractivity (Wildman–Crippen MR) is 92.0 cm³/mol. The molecule has 1 saturated heterocycles. The van der Waals surface area contributed by atoms with E-state index in [4.69, 9.17) is 0 Å². The van der Waals surface area contributed by atoms with Crippen LogP contribution in [0.2, 0.25) is 0 Å². The molecule has 24 heavy (non-hydrogen) atoms. The molecule has 0 aromatic heterocycles. The van der Waals surface area contributed by atoms with Gasteiger partial charge in [0.05, 0.1) is 12.7 Å². The number of nitrogens with zero attached hydrogens (tertiary/aromatic N) is 2. The van der Waals surface area contributed by atoms with Crippen molar-refractivity contribution in [3.8, 4) is 0 Å². The molecule has 1 atom stereocenters. The first-order valence-electron chi connectivity index (χ1n) is 9.87. The number of carbonyl (C=O) groups is 1. The van der Waals surface area contributed by atoms with Crippen molar-refractivity contribution in [2.75, 3.05) is 6.67 Å². The maximum Gasteiger partial charge on any atom is 0.241 e. The van der Waals surface area contributed by atoms with Crippen LogP contribution in [0.5, 0.6) is 0 Å². The Kier molecular flexibility index (Phi) is 2.80. The van der Waals surface area contributed by atoms with E-state index in [0.717, 1.165) is 43.3 Å². The fourth-order valence-corrected chi connectivity index (χ4v) is 7.07. The van der Waals surface area contributed by atoms with Crippen LogP contribution in [0.4, 0.5) is 0 Å². The first-order chi connectivity index (χ1) is 11.8. The lowest BCUT2D eigenvalue weighted by Crippen LogP contribution is -2.56. The van der Waals surface area contributed by atoms with Gasteiger partial charge in [0.25, 0.3) is 0 Å². The van der Waals surface area contributed by atoms with Crippen LogP contribution < -0.4 is 0 Å². The van der Waals surface area contributed by atoms with Crippen LogP contribution in [0.15, 0.2) is 24.3 Å². The fourth-order valence-electron chi connectivity index (χ4n) is 7.07. The molecule has 5 fully saturated rings. The van der Waals surface area contributed by atoms with E-state index in [1.807, 2.05) is 0 Å². The maximum absolute atomic E-state index is 13.3. The number of amides is 1. The number of benzene rings is 1. The zero-order valence-corrected chi connectivity index (χ0v) is 14.2.